The van der Waals surface area contributed by atoms with Gasteiger partial charge in [-0.05, 0) is 42.8 Å². The fraction of sp³-hybridized carbons (Fsp3) is 0.583. The molecule has 0 saturated heterocycles. The van der Waals surface area contributed by atoms with Crippen molar-refractivity contribution < 1.29 is 14.5 Å². The molecule has 7 heteroatoms. The number of carbonyl (C=O) groups is 1. The van der Waals surface area contributed by atoms with Crippen molar-refractivity contribution in [3.63, 3.8) is 0 Å². The zero-order chi connectivity index (χ0) is 14.5. The van der Waals surface area contributed by atoms with Gasteiger partial charge < -0.3 is 15.4 Å². The lowest BCUT2D eigenvalue weighted by Gasteiger charge is -2.02. The van der Waals surface area contributed by atoms with Gasteiger partial charge in [-0.25, -0.2) is 0 Å². The first-order valence-electron chi connectivity index (χ1n) is 6.17. The Morgan fingerprint density at radius 3 is 2.74 bits per heavy atom. The molecule has 0 aromatic carbocycles. The summed E-state index contributed by atoms with van der Waals surface area (Å²) >= 11 is 0. The maximum Gasteiger partial charge on any atom is 0.303 e. The van der Waals surface area contributed by atoms with Gasteiger partial charge in [0.25, 0.3) is 0 Å². The van der Waals surface area contributed by atoms with E-state index in [-0.39, 0.29) is 6.42 Å². The second-order valence-electron chi connectivity index (χ2n) is 3.89. The summed E-state index contributed by atoms with van der Waals surface area (Å²) in [5.74, 6) is 0.0945. The van der Waals surface area contributed by atoms with Gasteiger partial charge in [0.1, 0.15) is 0 Å². The van der Waals surface area contributed by atoms with Crippen molar-refractivity contribution in [3.8, 4) is 0 Å². The van der Waals surface area contributed by atoms with E-state index in [1.165, 1.54) is 0 Å². The second-order valence-corrected chi connectivity index (χ2v) is 8.46. The molecule has 4 nitrogen and oxygen atoms in total. The molecule has 0 saturated carbocycles. The number of aliphatic carboxylic acids is 1. The van der Waals surface area contributed by atoms with Crippen LogP contribution in [-0.4, -0.2) is 29.2 Å². The quantitative estimate of drug-likeness (QED) is 0.262. The van der Waals surface area contributed by atoms with Crippen molar-refractivity contribution in [1.82, 2.24) is 0 Å². The third-order valence-electron chi connectivity index (χ3n) is 2.16. The molecular formula is C12H22NO3PS2. The van der Waals surface area contributed by atoms with E-state index in [2.05, 4.69) is 0 Å². The van der Waals surface area contributed by atoms with Gasteiger partial charge in [-0.15, -0.1) is 0 Å². The summed E-state index contributed by atoms with van der Waals surface area (Å²) in [7, 11) is 1.54. The van der Waals surface area contributed by atoms with Gasteiger partial charge in [0.15, 0.2) is 0 Å². The Kier molecular flexibility index (Phi) is 12.5. The smallest absolute Gasteiger partial charge is 0.303 e. The summed E-state index contributed by atoms with van der Waals surface area (Å²) in [6, 6.07) is 0. The van der Waals surface area contributed by atoms with Crippen molar-refractivity contribution in [1.29, 1.82) is 0 Å². The highest BCUT2D eigenvalue weighted by atomic mass is 33.1. The highest BCUT2D eigenvalue weighted by Crippen LogP contribution is 2.29. The Morgan fingerprint density at radius 1 is 1.37 bits per heavy atom. The predicted octanol–water partition coefficient (Wildman–Crippen LogP) is 3.56. The van der Waals surface area contributed by atoms with Gasteiger partial charge in [-0.2, -0.15) is 0 Å². The standard InChI is InChI=1S/C12H22NO3PS2/c1-2-3-6-11(13)19-18-10-5-4-8-17(16)9-7-12(14)15/h2-3,6,17H,4-5,7-10,13H2,1H3,(H,14,15)/b3-2-,11-6+. The zero-order valence-electron chi connectivity index (χ0n) is 11.1. The molecule has 1 unspecified atom stereocenters. The highest BCUT2D eigenvalue weighted by Gasteiger charge is 2.03. The van der Waals surface area contributed by atoms with Gasteiger partial charge >= 0.3 is 5.97 Å². The lowest BCUT2D eigenvalue weighted by Crippen LogP contribution is -1.97. The van der Waals surface area contributed by atoms with Crippen LogP contribution in [0.15, 0.2) is 23.3 Å². The maximum atomic E-state index is 11.5. The molecule has 0 aliphatic heterocycles. The molecule has 0 spiro atoms. The van der Waals surface area contributed by atoms with Gasteiger partial charge in [-0.1, -0.05) is 22.9 Å². The fourth-order valence-electron chi connectivity index (χ4n) is 1.18. The van der Waals surface area contributed by atoms with Crippen molar-refractivity contribution in [2.24, 2.45) is 5.73 Å². The van der Waals surface area contributed by atoms with E-state index in [0.717, 1.165) is 23.6 Å². The van der Waals surface area contributed by atoms with Crippen LogP contribution < -0.4 is 5.73 Å². The molecule has 0 bridgehead atoms. The first kappa shape index (κ1) is 18.7. The van der Waals surface area contributed by atoms with Crippen molar-refractivity contribution in [2.75, 3.05) is 18.1 Å². The third-order valence-corrected chi connectivity index (χ3v) is 6.21. The van der Waals surface area contributed by atoms with Crippen LogP contribution in [0.5, 0.6) is 0 Å². The molecule has 0 aromatic heterocycles. The van der Waals surface area contributed by atoms with E-state index in [9.17, 15) is 9.36 Å². The third kappa shape index (κ3) is 13.9. The summed E-state index contributed by atoms with van der Waals surface area (Å²) in [4.78, 5) is 10.3. The van der Waals surface area contributed by atoms with E-state index < -0.39 is 13.8 Å². The van der Waals surface area contributed by atoms with Gasteiger partial charge in [0, 0.05) is 11.9 Å². The number of carboxylic acid groups (broad SMARTS) is 1. The number of hydrogen-bond donors (Lipinski definition) is 2. The molecule has 0 rings (SSSR count). The Morgan fingerprint density at radius 2 is 2.11 bits per heavy atom. The molecule has 1 atom stereocenters. The SMILES string of the molecule is C/C=C\C=C(/N)SSCCCC[PH](=O)CCC(=O)O. The Bertz CT molecular complexity index is 346. The molecule has 19 heavy (non-hydrogen) atoms. The summed E-state index contributed by atoms with van der Waals surface area (Å²) in [6.45, 7) is 1.94. The second kappa shape index (κ2) is 12.7. The van der Waals surface area contributed by atoms with Crippen LogP contribution in [0.3, 0.4) is 0 Å². The Labute approximate surface area is 123 Å². The summed E-state index contributed by atoms with van der Waals surface area (Å²) < 4.78 is 11.5. The summed E-state index contributed by atoms with van der Waals surface area (Å²) in [5, 5.41) is 9.24. The Balaban J connectivity index is 3.45. The summed E-state index contributed by atoms with van der Waals surface area (Å²) in [5.41, 5.74) is 5.74. The lowest BCUT2D eigenvalue weighted by molar-refractivity contribution is -0.136. The minimum atomic E-state index is -1.69. The van der Waals surface area contributed by atoms with Crippen LogP contribution >= 0.6 is 29.4 Å². The van der Waals surface area contributed by atoms with Gasteiger partial charge in [0.2, 0.25) is 0 Å². The molecule has 110 valence electrons. The minimum absolute atomic E-state index is 0.0225. The minimum Gasteiger partial charge on any atom is -0.481 e. The van der Waals surface area contributed by atoms with Crippen LogP contribution in [0.4, 0.5) is 0 Å². The summed E-state index contributed by atoms with van der Waals surface area (Å²) in [6.07, 6.45) is 8.58. The number of rotatable bonds is 11. The van der Waals surface area contributed by atoms with Crippen LogP contribution in [-0.2, 0) is 9.36 Å². The molecule has 0 aliphatic rings. The maximum absolute atomic E-state index is 11.5. The van der Waals surface area contributed by atoms with E-state index in [0.29, 0.717) is 12.3 Å². The van der Waals surface area contributed by atoms with Crippen LogP contribution in [0.1, 0.15) is 26.2 Å². The molecule has 3 N–H and O–H groups in total. The van der Waals surface area contributed by atoms with E-state index in [1.54, 1.807) is 21.6 Å². The average Bonchev–Trinajstić information content (AvgIpc) is 2.37. The van der Waals surface area contributed by atoms with Crippen molar-refractivity contribution >= 4 is 35.4 Å². The first-order chi connectivity index (χ1) is 9.06. The largest absolute Gasteiger partial charge is 0.481 e. The van der Waals surface area contributed by atoms with E-state index in [1.807, 2.05) is 25.2 Å². The molecule has 0 heterocycles. The van der Waals surface area contributed by atoms with E-state index in [4.69, 9.17) is 10.8 Å². The fourth-order valence-corrected chi connectivity index (χ4v) is 4.42. The topological polar surface area (TPSA) is 80.4 Å². The van der Waals surface area contributed by atoms with Gasteiger partial charge in [-0.3, -0.25) is 4.79 Å². The van der Waals surface area contributed by atoms with Crippen molar-refractivity contribution in [3.05, 3.63) is 23.3 Å². The predicted molar refractivity (Wildman–Crippen MR) is 87.4 cm³/mol. The monoisotopic (exact) mass is 323 g/mol. The van der Waals surface area contributed by atoms with Crippen LogP contribution in [0.2, 0.25) is 0 Å². The first-order valence-corrected chi connectivity index (χ1v) is 10.3. The number of hydrogen-bond acceptors (Lipinski definition) is 5. The van der Waals surface area contributed by atoms with Crippen LogP contribution in [0, 0.1) is 0 Å². The molecule has 0 amide bonds. The number of allylic oxidation sites excluding steroid dienone is 3. The number of carboxylic acids is 1. The molecule has 0 fully saturated rings. The van der Waals surface area contributed by atoms with Crippen molar-refractivity contribution in [2.45, 2.75) is 26.2 Å². The average molecular weight is 323 g/mol. The highest BCUT2D eigenvalue weighted by molar-refractivity contribution is 8.78. The van der Waals surface area contributed by atoms with Gasteiger partial charge in [0.05, 0.1) is 19.3 Å². The zero-order valence-corrected chi connectivity index (χ0v) is 13.8. The molecule has 0 aromatic rings. The van der Waals surface area contributed by atoms with E-state index >= 15 is 0 Å². The lowest BCUT2D eigenvalue weighted by atomic mass is 10.4. The normalized spacial score (nSPS) is 13.8. The number of unbranched alkanes of at least 4 members (excludes halogenated alkanes) is 1. The molecular weight excluding hydrogens is 301 g/mol. The molecule has 0 radical (unpaired) electrons. The molecule has 0 aliphatic carbocycles. The Hall–Kier alpha value is -0.320. The number of nitrogens with two attached hydrogens (primary N) is 1. The van der Waals surface area contributed by atoms with Crippen LogP contribution in [0.25, 0.3) is 0 Å².